The lowest BCUT2D eigenvalue weighted by Crippen LogP contribution is -2.59. The lowest BCUT2D eigenvalue weighted by Gasteiger charge is -2.35. The van der Waals surface area contributed by atoms with Crippen LogP contribution in [0.3, 0.4) is 0 Å². The molecule has 2 N–H and O–H groups in total. The first-order valence-electron chi connectivity index (χ1n) is 6.56. The second-order valence-electron chi connectivity index (χ2n) is 4.49. The molecule has 1 aliphatic rings. The van der Waals surface area contributed by atoms with Crippen molar-refractivity contribution in [2.24, 2.45) is 0 Å². The smallest absolute Gasteiger partial charge is 0.238 e. The molecule has 6 nitrogen and oxygen atoms in total. The lowest BCUT2D eigenvalue weighted by molar-refractivity contribution is -0.134. The Balaban J connectivity index is 2.59. The first-order valence-corrected chi connectivity index (χ1v) is 6.56. The largest absolute Gasteiger partial charge is 0.355 e. The molecule has 1 saturated heterocycles. The van der Waals surface area contributed by atoms with E-state index in [9.17, 15) is 9.59 Å². The van der Waals surface area contributed by atoms with Gasteiger partial charge in [0.05, 0.1) is 6.54 Å². The molecule has 0 spiro atoms. The Kier molecular flexibility index (Phi) is 6.07. The van der Waals surface area contributed by atoms with Crippen molar-refractivity contribution in [2.75, 3.05) is 46.3 Å². The standard InChI is InChI=1S/C12H24N4O2/c1-4-14-12(18)10-8-13-6-7-16(10)9-11(17)15(3)5-2/h10,13H,4-9H2,1-3H3,(H,14,18). The van der Waals surface area contributed by atoms with Crippen LogP contribution in [0.5, 0.6) is 0 Å². The highest BCUT2D eigenvalue weighted by Gasteiger charge is 2.29. The van der Waals surface area contributed by atoms with Crippen LogP contribution < -0.4 is 10.6 Å². The van der Waals surface area contributed by atoms with Gasteiger partial charge in [-0.05, 0) is 13.8 Å². The first-order chi connectivity index (χ1) is 8.60. The van der Waals surface area contributed by atoms with Crippen LogP contribution in [0.15, 0.2) is 0 Å². The molecule has 1 fully saturated rings. The van der Waals surface area contributed by atoms with Crippen molar-refractivity contribution in [3.8, 4) is 0 Å². The monoisotopic (exact) mass is 256 g/mol. The van der Waals surface area contributed by atoms with E-state index < -0.39 is 0 Å². The fourth-order valence-corrected chi connectivity index (χ4v) is 1.96. The van der Waals surface area contributed by atoms with E-state index >= 15 is 0 Å². The number of rotatable bonds is 5. The second kappa shape index (κ2) is 7.33. The molecule has 0 aromatic heterocycles. The van der Waals surface area contributed by atoms with Crippen molar-refractivity contribution in [3.05, 3.63) is 0 Å². The maximum Gasteiger partial charge on any atom is 0.238 e. The van der Waals surface area contributed by atoms with E-state index in [1.807, 2.05) is 18.7 Å². The number of hydrogen-bond donors (Lipinski definition) is 2. The van der Waals surface area contributed by atoms with E-state index in [0.717, 1.165) is 13.1 Å². The molecule has 1 rings (SSSR count). The summed E-state index contributed by atoms with van der Waals surface area (Å²) in [7, 11) is 1.78. The van der Waals surface area contributed by atoms with E-state index in [2.05, 4.69) is 10.6 Å². The fraction of sp³-hybridized carbons (Fsp3) is 0.833. The van der Waals surface area contributed by atoms with Gasteiger partial charge in [0, 0.05) is 39.8 Å². The van der Waals surface area contributed by atoms with Crippen molar-refractivity contribution in [1.29, 1.82) is 0 Å². The molecule has 0 bridgehead atoms. The molecule has 1 unspecified atom stereocenters. The Hall–Kier alpha value is -1.14. The van der Waals surface area contributed by atoms with Gasteiger partial charge in [-0.15, -0.1) is 0 Å². The predicted molar refractivity (Wildman–Crippen MR) is 70.2 cm³/mol. The third kappa shape index (κ3) is 3.96. The number of hydrogen-bond acceptors (Lipinski definition) is 4. The van der Waals surface area contributed by atoms with Crippen LogP contribution >= 0.6 is 0 Å². The van der Waals surface area contributed by atoms with Gasteiger partial charge in [-0.3, -0.25) is 14.5 Å². The zero-order valence-corrected chi connectivity index (χ0v) is 11.5. The summed E-state index contributed by atoms with van der Waals surface area (Å²) < 4.78 is 0. The maximum atomic E-state index is 11.9. The second-order valence-corrected chi connectivity index (χ2v) is 4.49. The molecule has 0 aromatic rings. The Labute approximate surface area is 109 Å². The van der Waals surface area contributed by atoms with Crippen molar-refractivity contribution in [3.63, 3.8) is 0 Å². The number of carbonyl (C=O) groups excluding carboxylic acids is 2. The Bertz CT molecular complexity index is 296. The van der Waals surface area contributed by atoms with Crippen LogP contribution in [0.4, 0.5) is 0 Å². The van der Waals surface area contributed by atoms with E-state index in [-0.39, 0.29) is 17.9 Å². The zero-order chi connectivity index (χ0) is 13.5. The number of nitrogens with one attached hydrogen (secondary N) is 2. The van der Waals surface area contributed by atoms with Gasteiger partial charge in [-0.2, -0.15) is 0 Å². The van der Waals surface area contributed by atoms with E-state index in [1.54, 1.807) is 11.9 Å². The lowest BCUT2D eigenvalue weighted by atomic mass is 10.1. The molecule has 0 saturated carbocycles. The third-order valence-electron chi connectivity index (χ3n) is 3.25. The molecule has 18 heavy (non-hydrogen) atoms. The maximum absolute atomic E-state index is 11.9. The first kappa shape index (κ1) is 14.9. The average molecular weight is 256 g/mol. The molecule has 1 aliphatic heterocycles. The van der Waals surface area contributed by atoms with Crippen molar-refractivity contribution >= 4 is 11.8 Å². The molecule has 6 heteroatoms. The fourth-order valence-electron chi connectivity index (χ4n) is 1.96. The van der Waals surface area contributed by atoms with Gasteiger partial charge in [0.1, 0.15) is 6.04 Å². The van der Waals surface area contributed by atoms with Gasteiger partial charge in [0.15, 0.2) is 0 Å². The third-order valence-corrected chi connectivity index (χ3v) is 3.25. The highest BCUT2D eigenvalue weighted by molar-refractivity contribution is 5.84. The van der Waals surface area contributed by atoms with Crippen LogP contribution in [0.1, 0.15) is 13.8 Å². The summed E-state index contributed by atoms with van der Waals surface area (Å²) in [4.78, 5) is 27.4. The number of carbonyl (C=O) groups is 2. The number of amides is 2. The Morgan fingerprint density at radius 1 is 1.44 bits per heavy atom. The Morgan fingerprint density at radius 2 is 2.17 bits per heavy atom. The van der Waals surface area contributed by atoms with Gasteiger partial charge in [0.25, 0.3) is 0 Å². The summed E-state index contributed by atoms with van der Waals surface area (Å²) in [5.74, 6) is 0.0605. The number of likely N-dealkylation sites (N-methyl/N-ethyl adjacent to an activating group) is 2. The van der Waals surface area contributed by atoms with E-state index in [0.29, 0.717) is 26.2 Å². The summed E-state index contributed by atoms with van der Waals surface area (Å²) in [6, 6.07) is -0.243. The molecule has 104 valence electrons. The topological polar surface area (TPSA) is 64.7 Å². The quantitative estimate of drug-likeness (QED) is 0.654. The molecule has 0 radical (unpaired) electrons. The van der Waals surface area contributed by atoms with Crippen molar-refractivity contribution < 1.29 is 9.59 Å². The van der Waals surface area contributed by atoms with E-state index in [1.165, 1.54) is 0 Å². The Morgan fingerprint density at radius 3 is 2.78 bits per heavy atom. The molecule has 1 atom stereocenters. The summed E-state index contributed by atoms with van der Waals surface area (Å²) in [6.45, 7) is 7.61. The number of nitrogens with zero attached hydrogens (tertiary/aromatic N) is 2. The molecule has 0 aromatic carbocycles. The van der Waals surface area contributed by atoms with Gasteiger partial charge in [-0.1, -0.05) is 0 Å². The SMILES string of the molecule is CCNC(=O)C1CNCCN1CC(=O)N(C)CC. The average Bonchev–Trinajstić information content (AvgIpc) is 2.38. The molecular weight excluding hydrogens is 232 g/mol. The van der Waals surface area contributed by atoms with Crippen molar-refractivity contribution in [2.45, 2.75) is 19.9 Å². The summed E-state index contributed by atoms with van der Waals surface area (Å²) >= 11 is 0. The predicted octanol–water partition coefficient (Wildman–Crippen LogP) is -1.13. The molecule has 1 heterocycles. The summed E-state index contributed by atoms with van der Waals surface area (Å²) in [5, 5.41) is 6.01. The highest BCUT2D eigenvalue weighted by Crippen LogP contribution is 2.04. The van der Waals surface area contributed by atoms with Crippen molar-refractivity contribution in [1.82, 2.24) is 20.4 Å². The van der Waals surface area contributed by atoms with Crippen LogP contribution in [-0.4, -0.2) is 74.0 Å². The molecular formula is C12H24N4O2. The van der Waals surface area contributed by atoms with E-state index in [4.69, 9.17) is 0 Å². The molecule has 2 amide bonds. The minimum absolute atomic E-state index is 0.00310. The minimum Gasteiger partial charge on any atom is -0.355 e. The van der Waals surface area contributed by atoms with Gasteiger partial charge in [0.2, 0.25) is 11.8 Å². The number of piperazine rings is 1. The highest BCUT2D eigenvalue weighted by atomic mass is 16.2. The zero-order valence-electron chi connectivity index (χ0n) is 11.5. The van der Waals surface area contributed by atoms with Crippen LogP contribution in [0.2, 0.25) is 0 Å². The van der Waals surface area contributed by atoms with Gasteiger partial charge < -0.3 is 15.5 Å². The summed E-state index contributed by atoms with van der Waals surface area (Å²) in [5.41, 5.74) is 0. The molecule has 0 aliphatic carbocycles. The van der Waals surface area contributed by atoms with Gasteiger partial charge >= 0.3 is 0 Å². The minimum atomic E-state index is -0.243. The van der Waals surface area contributed by atoms with Crippen LogP contribution in [-0.2, 0) is 9.59 Å². The van der Waals surface area contributed by atoms with Gasteiger partial charge in [-0.25, -0.2) is 0 Å². The van der Waals surface area contributed by atoms with Crippen LogP contribution in [0, 0.1) is 0 Å². The normalized spacial score (nSPS) is 20.5. The van der Waals surface area contributed by atoms with Crippen LogP contribution in [0.25, 0.3) is 0 Å². The summed E-state index contributed by atoms with van der Waals surface area (Å²) in [6.07, 6.45) is 0.